The fourth-order valence-electron chi connectivity index (χ4n) is 3.51. The van der Waals surface area contributed by atoms with E-state index in [9.17, 15) is 9.67 Å². The average Bonchev–Trinajstić information content (AvgIpc) is 2.75. The molecule has 2 aliphatic heterocycles. The van der Waals surface area contributed by atoms with Crippen molar-refractivity contribution in [1.82, 2.24) is 9.88 Å². The largest absolute Gasteiger partial charge is 0.391 e. The van der Waals surface area contributed by atoms with Crippen molar-refractivity contribution in [3.05, 3.63) is 23.4 Å². The molecule has 1 aromatic heterocycles. The number of nitrogens with one attached hydrogen (secondary N) is 1. The molecule has 5 nitrogen and oxygen atoms in total. The maximum atomic E-state index is 12.2. The monoisotopic (exact) mass is 343 g/mol. The zero-order chi connectivity index (χ0) is 15.7. The van der Waals surface area contributed by atoms with E-state index in [2.05, 4.69) is 15.2 Å². The van der Waals surface area contributed by atoms with Crippen LogP contribution >= 0.6 is 18.7 Å². The Morgan fingerprint density at radius 1 is 1.36 bits per heavy atom. The molecule has 2 fully saturated rings. The highest BCUT2D eigenvalue weighted by Gasteiger charge is 2.41. The fourth-order valence-corrected chi connectivity index (χ4v) is 6.08. The Bertz CT molecular complexity index is 560. The van der Waals surface area contributed by atoms with Gasteiger partial charge in [-0.1, -0.05) is 11.6 Å². The van der Waals surface area contributed by atoms with Gasteiger partial charge in [0.2, 0.25) is 0 Å². The Balaban J connectivity index is 1.52. The highest BCUT2D eigenvalue weighted by atomic mass is 35.5. The topological polar surface area (TPSA) is 65.5 Å². The van der Waals surface area contributed by atoms with Gasteiger partial charge in [0.05, 0.1) is 18.3 Å². The Labute approximate surface area is 136 Å². The van der Waals surface area contributed by atoms with Gasteiger partial charge in [-0.05, 0) is 31.6 Å². The number of hydrogen-bond acceptors (Lipinski definition) is 5. The molecule has 7 heteroatoms. The molecule has 2 aliphatic rings. The van der Waals surface area contributed by atoms with Crippen LogP contribution < -0.4 is 5.32 Å². The minimum atomic E-state index is -2.13. The van der Waals surface area contributed by atoms with E-state index in [1.165, 1.54) is 0 Å². The summed E-state index contributed by atoms with van der Waals surface area (Å²) in [6.45, 7) is 3.66. The molecule has 0 aliphatic carbocycles. The van der Waals surface area contributed by atoms with Crippen LogP contribution in [-0.2, 0) is 4.57 Å². The van der Waals surface area contributed by atoms with Crippen LogP contribution in [0.1, 0.15) is 12.8 Å². The first kappa shape index (κ1) is 16.3. The highest BCUT2D eigenvalue weighted by Crippen LogP contribution is 2.49. The molecular formula is C15H23ClN3O2P. The van der Waals surface area contributed by atoms with Crippen LogP contribution in [0.2, 0.25) is 5.02 Å². The Kier molecular flexibility index (Phi) is 4.79. The lowest BCUT2D eigenvalue weighted by Crippen LogP contribution is -2.49. The summed E-state index contributed by atoms with van der Waals surface area (Å²) in [7, 11) is -2.13. The molecule has 22 heavy (non-hydrogen) atoms. The lowest BCUT2D eigenvalue weighted by molar-refractivity contribution is 0.0683. The number of pyridine rings is 1. The molecule has 0 saturated carbocycles. The average molecular weight is 344 g/mol. The van der Waals surface area contributed by atoms with E-state index in [1.54, 1.807) is 6.20 Å². The van der Waals surface area contributed by atoms with E-state index in [0.29, 0.717) is 23.4 Å². The van der Waals surface area contributed by atoms with Crippen molar-refractivity contribution in [3.8, 4) is 0 Å². The summed E-state index contributed by atoms with van der Waals surface area (Å²) in [5.41, 5.74) is 0. The number of rotatable bonds is 3. The van der Waals surface area contributed by atoms with E-state index in [4.69, 9.17) is 11.6 Å². The number of hydrogen-bond donors (Lipinski definition) is 2. The number of halogens is 1. The van der Waals surface area contributed by atoms with Crippen molar-refractivity contribution < 1.29 is 9.67 Å². The fraction of sp³-hybridized carbons (Fsp3) is 0.667. The Hall–Kier alpha value is -0.610. The molecule has 3 heterocycles. The first-order valence-electron chi connectivity index (χ1n) is 7.79. The Morgan fingerprint density at radius 2 is 2.09 bits per heavy atom. The SMILES string of the molecule is C[P@@]1(=O)C[C@@H](O)[C@H](N2CCC(Nc3ccc(Cl)cn3)CC2)C1. The molecular weight excluding hydrogens is 321 g/mol. The van der Waals surface area contributed by atoms with Gasteiger partial charge in [-0.15, -0.1) is 0 Å². The van der Waals surface area contributed by atoms with Crippen molar-refractivity contribution in [1.29, 1.82) is 0 Å². The molecule has 0 spiro atoms. The number of likely N-dealkylation sites (tertiary alicyclic amines) is 1. The summed E-state index contributed by atoms with van der Waals surface area (Å²) in [5.74, 6) is 0.849. The molecule has 3 rings (SSSR count). The summed E-state index contributed by atoms with van der Waals surface area (Å²) >= 11 is 5.84. The Morgan fingerprint density at radius 3 is 2.64 bits per heavy atom. The number of aromatic nitrogens is 1. The molecule has 0 bridgehead atoms. The third-order valence-electron chi connectivity index (χ3n) is 4.67. The van der Waals surface area contributed by atoms with Crippen LogP contribution in [0.25, 0.3) is 0 Å². The van der Waals surface area contributed by atoms with Gasteiger partial charge in [0, 0.05) is 43.7 Å². The van der Waals surface area contributed by atoms with Gasteiger partial charge < -0.3 is 15.0 Å². The summed E-state index contributed by atoms with van der Waals surface area (Å²) in [4.78, 5) is 6.57. The van der Waals surface area contributed by atoms with E-state index < -0.39 is 13.2 Å². The minimum Gasteiger partial charge on any atom is -0.391 e. The molecule has 3 atom stereocenters. The van der Waals surface area contributed by atoms with E-state index in [0.717, 1.165) is 31.7 Å². The molecule has 2 saturated heterocycles. The van der Waals surface area contributed by atoms with Crippen LogP contribution in [-0.4, -0.2) is 65.3 Å². The third-order valence-corrected chi connectivity index (χ3v) is 7.19. The van der Waals surface area contributed by atoms with Gasteiger partial charge in [-0.3, -0.25) is 4.90 Å². The number of aliphatic hydroxyl groups excluding tert-OH is 1. The normalized spacial score (nSPS) is 34.0. The van der Waals surface area contributed by atoms with Gasteiger partial charge in [0.25, 0.3) is 0 Å². The van der Waals surface area contributed by atoms with Crippen LogP contribution in [0.4, 0.5) is 5.82 Å². The second-order valence-corrected chi connectivity index (χ2v) is 10.4. The summed E-state index contributed by atoms with van der Waals surface area (Å²) < 4.78 is 12.2. The quantitative estimate of drug-likeness (QED) is 0.825. The molecule has 0 aromatic carbocycles. The van der Waals surface area contributed by atoms with Crippen LogP contribution in [0.5, 0.6) is 0 Å². The lowest BCUT2D eigenvalue weighted by atomic mass is 10.0. The minimum absolute atomic E-state index is 0.0745. The molecule has 0 radical (unpaired) electrons. The van der Waals surface area contributed by atoms with Gasteiger partial charge >= 0.3 is 0 Å². The van der Waals surface area contributed by atoms with Gasteiger partial charge in [0.15, 0.2) is 0 Å². The zero-order valence-corrected chi connectivity index (χ0v) is 14.4. The van der Waals surface area contributed by atoms with Crippen molar-refractivity contribution in [2.75, 3.05) is 37.4 Å². The van der Waals surface area contributed by atoms with Gasteiger partial charge in [-0.25, -0.2) is 4.98 Å². The number of piperidine rings is 1. The van der Waals surface area contributed by atoms with E-state index in [-0.39, 0.29) is 6.04 Å². The first-order valence-corrected chi connectivity index (χ1v) is 10.7. The van der Waals surface area contributed by atoms with Crippen LogP contribution in [0.15, 0.2) is 18.3 Å². The number of anilines is 1. The maximum Gasteiger partial charge on any atom is 0.126 e. The molecule has 0 amide bonds. The summed E-state index contributed by atoms with van der Waals surface area (Å²) in [5, 5.41) is 14.2. The van der Waals surface area contributed by atoms with Crippen LogP contribution in [0, 0.1) is 0 Å². The maximum absolute atomic E-state index is 12.2. The molecule has 122 valence electrons. The second-order valence-electron chi connectivity index (χ2n) is 6.61. The van der Waals surface area contributed by atoms with Crippen LogP contribution in [0.3, 0.4) is 0 Å². The third kappa shape index (κ3) is 3.83. The predicted molar refractivity (Wildman–Crippen MR) is 90.5 cm³/mol. The highest BCUT2D eigenvalue weighted by molar-refractivity contribution is 7.63. The van der Waals surface area contributed by atoms with E-state index in [1.807, 2.05) is 18.8 Å². The van der Waals surface area contributed by atoms with Gasteiger partial charge in [0.1, 0.15) is 5.82 Å². The number of aliphatic hydroxyl groups is 1. The number of nitrogens with zero attached hydrogens (tertiary/aromatic N) is 2. The summed E-state index contributed by atoms with van der Waals surface area (Å²) in [6, 6.07) is 4.19. The van der Waals surface area contributed by atoms with Gasteiger partial charge in [-0.2, -0.15) is 0 Å². The van der Waals surface area contributed by atoms with Crippen molar-refractivity contribution in [2.45, 2.75) is 31.0 Å². The standard InChI is InChI=1S/C15H23ClN3O2P/c1-22(21)9-13(14(20)10-22)19-6-4-12(5-7-19)18-15-3-2-11(16)8-17-15/h2-3,8,12-14,20H,4-7,9-10H2,1H3,(H,17,18)/t13-,14-,22+/m1/s1. The van der Waals surface area contributed by atoms with Crippen molar-refractivity contribution in [3.63, 3.8) is 0 Å². The molecule has 2 N–H and O–H groups in total. The predicted octanol–water partition coefficient (Wildman–Crippen LogP) is 2.35. The first-order chi connectivity index (χ1) is 10.4. The lowest BCUT2D eigenvalue weighted by Gasteiger charge is -2.37. The molecule has 1 aromatic rings. The zero-order valence-electron chi connectivity index (χ0n) is 12.8. The van der Waals surface area contributed by atoms with E-state index >= 15 is 0 Å². The second kappa shape index (κ2) is 6.48. The molecule has 0 unspecified atom stereocenters. The van der Waals surface area contributed by atoms with Crippen molar-refractivity contribution >= 4 is 24.6 Å². The smallest absolute Gasteiger partial charge is 0.126 e. The van der Waals surface area contributed by atoms with Crippen molar-refractivity contribution in [2.24, 2.45) is 0 Å². The summed E-state index contributed by atoms with van der Waals surface area (Å²) in [6.07, 6.45) is 4.35.